The molecule has 0 aromatic heterocycles. The molecule has 8 nitrogen and oxygen atoms in total. The van der Waals surface area contributed by atoms with Crippen LogP contribution in [-0.2, 0) is 24.5 Å². The average molecular weight is 442 g/mol. The van der Waals surface area contributed by atoms with Crippen molar-refractivity contribution in [1.82, 2.24) is 5.32 Å². The van der Waals surface area contributed by atoms with Crippen LogP contribution in [-0.4, -0.2) is 58.5 Å². The van der Waals surface area contributed by atoms with Gasteiger partial charge in [-0.2, -0.15) is 8.42 Å². The summed E-state index contributed by atoms with van der Waals surface area (Å²) in [7, 11) is -0.391. The first-order valence-electron chi connectivity index (χ1n) is 8.94. The molecule has 3 N–H and O–H groups in total. The molecular weight excluding hydrogens is 414 g/mol. The predicted molar refractivity (Wildman–Crippen MR) is 106 cm³/mol. The molecule has 2 atom stereocenters. The van der Waals surface area contributed by atoms with Crippen molar-refractivity contribution in [3.8, 4) is 0 Å². The van der Waals surface area contributed by atoms with Crippen LogP contribution in [0.4, 0.5) is 0 Å². The van der Waals surface area contributed by atoms with Gasteiger partial charge in [-0.3, -0.25) is 18.9 Å². The Balaban J connectivity index is 2.38. The summed E-state index contributed by atoms with van der Waals surface area (Å²) in [4.78, 5) is 35.0. The molecule has 1 saturated heterocycles. The number of aliphatic carboxylic acids is 1. The Morgan fingerprint density at radius 2 is 1.85 bits per heavy atom. The van der Waals surface area contributed by atoms with Gasteiger partial charge in [-0.15, -0.1) is 0 Å². The van der Waals surface area contributed by atoms with E-state index in [1.165, 1.54) is 12.2 Å². The molecule has 0 aliphatic carbocycles. The summed E-state index contributed by atoms with van der Waals surface area (Å²) in [5.41, 5.74) is 0. The fraction of sp³-hybridized carbons (Fsp3) is 0.812. The van der Waals surface area contributed by atoms with E-state index in [-0.39, 0.29) is 38.0 Å². The molecule has 1 aliphatic rings. The van der Waals surface area contributed by atoms with Crippen LogP contribution in [0.25, 0.3) is 0 Å². The van der Waals surface area contributed by atoms with Crippen LogP contribution in [0.3, 0.4) is 0 Å². The van der Waals surface area contributed by atoms with E-state index in [0.29, 0.717) is 11.7 Å². The lowest BCUT2D eigenvalue weighted by molar-refractivity contribution is -0.137. The van der Waals surface area contributed by atoms with Crippen LogP contribution in [0.2, 0.25) is 0 Å². The Labute approximate surface area is 167 Å². The minimum Gasteiger partial charge on any atom is -0.481 e. The lowest BCUT2D eigenvalue weighted by atomic mass is 10.0. The van der Waals surface area contributed by atoms with E-state index in [1.807, 2.05) is 21.6 Å². The molecule has 1 rings (SSSR count). The van der Waals surface area contributed by atoms with Gasteiger partial charge in [0.25, 0.3) is 10.1 Å². The summed E-state index contributed by atoms with van der Waals surface area (Å²) < 4.78 is 30.1. The van der Waals surface area contributed by atoms with Crippen LogP contribution in [0.5, 0.6) is 0 Å². The molecule has 1 aliphatic heterocycles. The molecular formula is C16H27NO7S3. The minimum absolute atomic E-state index is 0.0400. The monoisotopic (exact) mass is 441 g/mol. The summed E-state index contributed by atoms with van der Waals surface area (Å²) in [5, 5.41) is 12.0. The maximum atomic E-state index is 12.2. The highest BCUT2D eigenvalue weighted by molar-refractivity contribution is 8.77. The number of Topliss-reactive ketones (excluding diaryl/α,β-unsaturated/α-hetero) is 1. The molecule has 27 heavy (non-hydrogen) atoms. The van der Waals surface area contributed by atoms with Crippen LogP contribution < -0.4 is 5.32 Å². The second kappa shape index (κ2) is 12.6. The summed E-state index contributed by atoms with van der Waals surface area (Å²) in [5.74, 6) is -1.18. The first kappa shape index (κ1) is 24.3. The molecule has 1 fully saturated rings. The van der Waals surface area contributed by atoms with Gasteiger partial charge in [-0.25, -0.2) is 0 Å². The van der Waals surface area contributed by atoms with E-state index in [0.717, 1.165) is 12.8 Å². The molecule has 0 saturated carbocycles. The van der Waals surface area contributed by atoms with Crippen LogP contribution >= 0.6 is 21.6 Å². The highest BCUT2D eigenvalue weighted by Crippen LogP contribution is 2.39. The lowest BCUT2D eigenvalue weighted by Crippen LogP contribution is -2.41. The number of carbonyl (C=O) groups is 3. The van der Waals surface area contributed by atoms with Crippen molar-refractivity contribution in [2.75, 3.05) is 11.5 Å². The van der Waals surface area contributed by atoms with Gasteiger partial charge in [0.2, 0.25) is 5.91 Å². The largest absolute Gasteiger partial charge is 0.481 e. The standard InChI is InChI=1S/C16H27NO7S3/c18-14(5-3-11-27(22,23)24)13(7-8-16(20)21)17-15(19)6-2-1-4-12-9-10-25-26-12/h12-13H,1-11H2,(H,17,19)(H,20,21)(H,22,23,24)/t12-,13+/m1/s1. The zero-order chi connectivity index (χ0) is 20.3. The van der Waals surface area contributed by atoms with Crippen molar-refractivity contribution in [2.24, 2.45) is 0 Å². The molecule has 0 radical (unpaired) electrons. The Hall–Kier alpha value is -0.780. The lowest BCUT2D eigenvalue weighted by Gasteiger charge is -2.17. The van der Waals surface area contributed by atoms with E-state index >= 15 is 0 Å². The van der Waals surface area contributed by atoms with Gasteiger partial charge < -0.3 is 10.4 Å². The fourth-order valence-corrected chi connectivity index (χ4v) is 6.21. The molecule has 0 bridgehead atoms. The Kier molecular flexibility index (Phi) is 11.4. The number of hydrogen-bond acceptors (Lipinski definition) is 7. The van der Waals surface area contributed by atoms with E-state index < -0.39 is 33.7 Å². The quantitative estimate of drug-likeness (QED) is 0.210. The molecule has 0 spiro atoms. The van der Waals surface area contributed by atoms with Crippen LogP contribution in [0, 0.1) is 0 Å². The van der Waals surface area contributed by atoms with Gasteiger partial charge in [0.1, 0.15) is 0 Å². The number of hydrogen-bond donors (Lipinski definition) is 3. The predicted octanol–water partition coefficient (Wildman–Crippen LogP) is 2.29. The number of nitrogens with one attached hydrogen (secondary N) is 1. The maximum absolute atomic E-state index is 12.2. The summed E-state index contributed by atoms with van der Waals surface area (Å²) in [6.07, 6.45) is 3.61. The van der Waals surface area contributed by atoms with Crippen molar-refractivity contribution in [3.63, 3.8) is 0 Å². The van der Waals surface area contributed by atoms with Gasteiger partial charge in [-0.05, 0) is 32.1 Å². The van der Waals surface area contributed by atoms with Gasteiger partial charge in [0.15, 0.2) is 5.78 Å². The normalized spacial score (nSPS) is 18.2. The Morgan fingerprint density at radius 3 is 2.44 bits per heavy atom. The highest BCUT2D eigenvalue weighted by atomic mass is 33.1. The Bertz CT molecular complexity index is 603. The van der Waals surface area contributed by atoms with Gasteiger partial charge in [0.05, 0.1) is 11.8 Å². The van der Waals surface area contributed by atoms with Gasteiger partial charge >= 0.3 is 5.97 Å². The van der Waals surface area contributed by atoms with E-state index in [1.54, 1.807) is 0 Å². The van der Waals surface area contributed by atoms with Crippen LogP contribution in [0.15, 0.2) is 0 Å². The van der Waals surface area contributed by atoms with E-state index in [9.17, 15) is 22.8 Å². The molecule has 1 heterocycles. The summed E-state index contributed by atoms with van der Waals surface area (Å²) in [6, 6.07) is -0.947. The topological polar surface area (TPSA) is 138 Å². The zero-order valence-electron chi connectivity index (χ0n) is 15.1. The van der Waals surface area contributed by atoms with Gasteiger partial charge in [0, 0.05) is 30.3 Å². The Morgan fingerprint density at radius 1 is 1.11 bits per heavy atom. The van der Waals surface area contributed by atoms with E-state index in [4.69, 9.17) is 9.66 Å². The third kappa shape index (κ3) is 12.3. The summed E-state index contributed by atoms with van der Waals surface area (Å²) >= 11 is 0. The number of carbonyl (C=O) groups excluding carboxylic acids is 2. The van der Waals surface area contributed by atoms with Crippen LogP contribution in [0.1, 0.15) is 57.8 Å². The third-order valence-electron chi connectivity index (χ3n) is 4.10. The van der Waals surface area contributed by atoms with Crippen molar-refractivity contribution < 1.29 is 32.5 Å². The zero-order valence-corrected chi connectivity index (χ0v) is 17.5. The van der Waals surface area contributed by atoms with E-state index in [2.05, 4.69) is 5.32 Å². The maximum Gasteiger partial charge on any atom is 0.303 e. The summed E-state index contributed by atoms with van der Waals surface area (Å²) in [6.45, 7) is 0. The number of carboxylic acid groups (broad SMARTS) is 1. The van der Waals surface area contributed by atoms with Crippen molar-refractivity contribution in [3.05, 3.63) is 0 Å². The smallest absolute Gasteiger partial charge is 0.303 e. The SMILES string of the molecule is O=C(O)CC[C@H](NC(=O)CCCC[C@@H]1CCSS1)C(=O)CCCS(=O)(=O)O. The molecule has 1 amide bonds. The third-order valence-corrected chi connectivity index (χ3v) is 7.91. The molecule has 0 aromatic rings. The van der Waals surface area contributed by atoms with Crippen molar-refractivity contribution >= 4 is 49.4 Å². The van der Waals surface area contributed by atoms with Crippen molar-refractivity contribution in [1.29, 1.82) is 0 Å². The average Bonchev–Trinajstić information content (AvgIpc) is 3.07. The number of ketones is 1. The molecule has 0 aromatic carbocycles. The fourth-order valence-electron chi connectivity index (χ4n) is 2.67. The number of rotatable bonds is 14. The second-order valence-electron chi connectivity index (χ2n) is 6.48. The first-order chi connectivity index (χ1) is 12.7. The van der Waals surface area contributed by atoms with Gasteiger partial charge in [-0.1, -0.05) is 28.0 Å². The molecule has 11 heteroatoms. The number of unbranched alkanes of at least 4 members (excludes halogenated alkanes) is 1. The minimum atomic E-state index is -4.15. The molecule has 156 valence electrons. The highest BCUT2D eigenvalue weighted by Gasteiger charge is 2.22. The second-order valence-corrected chi connectivity index (χ2v) is 10.8. The number of amides is 1. The first-order valence-corrected chi connectivity index (χ1v) is 12.9. The number of carboxylic acids is 1. The molecule has 0 unspecified atom stereocenters. The van der Waals surface area contributed by atoms with Crippen molar-refractivity contribution in [2.45, 2.75) is 69.1 Å².